The molecular weight excluding hydrogens is 350 g/mol. The number of thiazole rings is 1. The monoisotopic (exact) mass is 377 g/mol. The molecule has 140 valence electrons. The molecule has 0 unspecified atom stereocenters. The van der Waals surface area contributed by atoms with E-state index in [1.54, 1.807) is 11.3 Å². The SMILES string of the molecule is CC[C@]1(c2ccccc2)C2=C(Cc3ncsc31)CC1(CCCCC1)CC2=O. The number of Topliss-reactive ketones (excluding diaryl/α,β-unsaturated/α-hetero) is 1. The Hall–Kier alpha value is -1.74. The highest BCUT2D eigenvalue weighted by atomic mass is 32.1. The number of hydrogen-bond acceptors (Lipinski definition) is 3. The summed E-state index contributed by atoms with van der Waals surface area (Å²) in [5, 5.41) is 0. The van der Waals surface area contributed by atoms with Gasteiger partial charge in [-0.3, -0.25) is 4.79 Å². The number of fused-ring (bicyclic) bond motifs is 1. The second kappa shape index (κ2) is 6.41. The number of benzene rings is 1. The molecule has 0 aliphatic heterocycles. The quantitative estimate of drug-likeness (QED) is 0.642. The van der Waals surface area contributed by atoms with Crippen LogP contribution in [0, 0.1) is 5.41 Å². The van der Waals surface area contributed by atoms with E-state index in [0.29, 0.717) is 5.78 Å². The van der Waals surface area contributed by atoms with Gasteiger partial charge in [-0.2, -0.15) is 0 Å². The lowest BCUT2D eigenvalue weighted by atomic mass is 9.56. The molecule has 5 rings (SSSR count). The number of nitrogens with zero attached hydrogens (tertiary/aromatic N) is 1. The number of hydrogen-bond donors (Lipinski definition) is 0. The number of rotatable bonds is 2. The molecule has 3 heteroatoms. The first-order chi connectivity index (χ1) is 13.2. The average molecular weight is 378 g/mol. The first-order valence-corrected chi connectivity index (χ1v) is 11.3. The van der Waals surface area contributed by atoms with Crippen molar-refractivity contribution in [3.8, 4) is 0 Å². The van der Waals surface area contributed by atoms with Gasteiger partial charge in [0.1, 0.15) is 0 Å². The van der Waals surface area contributed by atoms with Crippen LogP contribution in [0.4, 0.5) is 0 Å². The molecule has 1 aromatic heterocycles. The molecule has 0 N–H and O–H groups in total. The third-order valence-electron chi connectivity index (χ3n) is 7.30. The molecule has 1 atom stereocenters. The summed E-state index contributed by atoms with van der Waals surface area (Å²) in [6, 6.07) is 10.7. The zero-order valence-corrected chi connectivity index (χ0v) is 16.9. The molecule has 2 aromatic rings. The summed E-state index contributed by atoms with van der Waals surface area (Å²) in [5.41, 5.74) is 6.93. The summed E-state index contributed by atoms with van der Waals surface area (Å²) >= 11 is 1.74. The molecule has 0 amide bonds. The van der Waals surface area contributed by atoms with Gasteiger partial charge >= 0.3 is 0 Å². The molecule has 3 aliphatic rings. The molecular formula is C24H27NOS. The molecule has 1 aromatic carbocycles. The predicted octanol–water partition coefficient (Wildman–Crippen LogP) is 6.01. The minimum absolute atomic E-state index is 0.234. The average Bonchev–Trinajstić information content (AvgIpc) is 3.16. The highest BCUT2D eigenvalue weighted by molar-refractivity contribution is 7.10. The topological polar surface area (TPSA) is 30.0 Å². The van der Waals surface area contributed by atoms with Crippen LogP contribution < -0.4 is 0 Å². The Labute approximate surface area is 165 Å². The number of ketones is 1. The van der Waals surface area contributed by atoms with Crippen LogP contribution in [-0.4, -0.2) is 10.8 Å². The fourth-order valence-corrected chi connectivity index (χ4v) is 7.28. The maximum Gasteiger partial charge on any atom is 0.160 e. The van der Waals surface area contributed by atoms with E-state index >= 15 is 0 Å². The fourth-order valence-electron chi connectivity index (χ4n) is 6.17. The summed E-state index contributed by atoms with van der Waals surface area (Å²) in [5.74, 6) is 0.419. The van der Waals surface area contributed by atoms with E-state index in [1.807, 2.05) is 5.51 Å². The van der Waals surface area contributed by atoms with Crippen molar-refractivity contribution in [1.29, 1.82) is 0 Å². The lowest BCUT2D eigenvalue weighted by Gasteiger charge is -2.48. The normalized spacial score (nSPS) is 26.8. The van der Waals surface area contributed by atoms with Gasteiger partial charge in [0.2, 0.25) is 0 Å². The van der Waals surface area contributed by atoms with Crippen LogP contribution >= 0.6 is 11.3 Å². The van der Waals surface area contributed by atoms with Crippen LogP contribution in [0.2, 0.25) is 0 Å². The molecule has 27 heavy (non-hydrogen) atoms. The van der Waals surface area contributed by atoms with Crippen LogP contribution in [0.15, 0.2) is 47.0 Å². The van der Waals surface area contributed by atoms with Crippen molar-refractivity contribution in [3.63, 3.8) is 0 Å². The van der Waals surface area contributed by atoms with Crippen molar-refractivity contribution in [1.82, 2.24) is 4.98 Å². The van der Waals surface area contributed by atoms with E-state index in [2.05, 4.69) is 37.3 Å². The third-order valence-corrected chi connectivity index (χ3v) is 8.33. The van der Waals surface area contributed by atoms with E-state index in [1.165, 1.54) is 53.8 Å². The van der Waals surface area contributed by atoms with Gasteiger partial charge in [0.15, 0.2) is 5.78 Å². The molecule has 1 saturated carbocycles. The van der Waals surface area contributed by atoms with Crippen molar-refractivity contribution < 1.29 is 4.79 Å². The Morgan fingerprint density at radius 3 is 2.59 bits per heavy atom. The van der Waals surface area contributed by atoms with Gasteiger partial charge in [0.25, 0.3) is 0 Å². The van der Waals surface area contributed by atoms with Crippen LogP contribution in [-0.2, 0) is 16.6 Å². The summed E-state index contributed by atoms with van der Waals surface area (Å²) in [4.78, 5) is 19.8. The van der Waals surface area contributed by atoms with Crippen LogP contribution in [0.3, 0.4) is 0 Å². The van der Waals surface area contributed by atoms with Gasteiger partial charge < -0.3 is 0 Å². The van der Waals surface area contributed by atoms with Crippen LogP contribution in [0.5, 0.6) is 0 Å². The molecule has 1 heterocycles. The van der Waals surface area contributed by atoms with Crippen molar-refractivity contribution in [2.75, 3.05) is 0 Å². The Bertz CT molecular complexity index is 903. The summed E-state index contributed by atoms with van der Waals surface area (Å²) in [6.07, 6.45) is 10.0. The zero-order chi connectivity index (χ0) is 18.5. The maximum atomic E-state index is 13.7. The first-order valence-electron chi connectivity index (χ1n) is 10.4. The molecule has 2 nitrogen and oxygen atoms in total. The Morgan fingerprint density at radius 1 is 1.07 bits per heavy atom. The van der Waals surface area contributed by atoms with E-state index in [-0.39, 0.29) is 10.8 Å². The second-order valence-corrected chi connectivity index (χ2v) is 9.60. The minimum Gasteiger partial charge on any atom is -0.294 e. The van der Waals surface area contributed by atoms with Crippen LogP contribution in [0.1, 0.15) is 74.4 Å². The highest BCUT2D eigenvalue weighted by Gasteiger charge is 2.51. The van der Waals surface area contributed by atoms with Gasteiger partial charge in [-0.25, -0.2) is 4.98 Å². The van der Waals surface area contributed by atoms with Gasteiger partial charge in [-0.1, -0.05) is 62.1 Å². The predicted molar refractivity (Wildman–Crippen MR) is 110 cm³/mol. The first kappa shape index (κ1) is 17.4. The third kappa shape index (κ3) is 2.51. The lowest BCUT2D eigenvalue weighted by Crippen LogP contribution is -2.43. The molecule has 0 bridgehead atoms. The highest BCUT2D eigenvalue weighted by Crippen LogP contribution is 2.57. The van der Waals surface area contributed by atoms with E-state index in [0.717, 1.165) is 31.3 Å². The molecule has 0 radical (unpaired) electrons. The number of aromatic nitrogens is 1. The summed E-state index contributed by atoms with van der Waals surface area (Å²) in [6.45, 7) is 2.24. The molecule has 3 aliphatic carbocycles. The van der Waals surface area contributed by atoms with Crippen molar-refractivity contribution in [3.05, 3.63) is 63.1 Å². The van der Waals surface area contributed by atoms with Gasteiger partial charge in [-0.15, -0.1) is 11.3 Å². The molecule has 1 fully saturated rings. The van der Waals surface area contributed by atoms with Gasteiger partial charge in [0, 0.05) is 23.3 Å². The van der Waals surface area contributed by atoms with Crippen molar-refractivity contribution in [2.45, 2.75) is 70.1 Å². The van der Waals surface area contributed by atoms with E-state index < -0.39 is 0 Å². The van der Waals surface area contributed by atoms with Crippen LogP contribution in [0.25, 0.3) is 0 Å². The Morgan fingerprint density at radius 2 is 1.85 bits per heavy atom. The molecule has 1 spiro atoms. The van der Waals surface area contributed by atoms with Crippen molar-refractivity contribution >= 4 is 17.1 Å². The smallest absolute Gasteiger partial charge is 0.160 e. The number of allylic oxidation sites excluding steroid dienone is 2. The lowest BCUT2D eigenvalue weighted by molar-refractivity contribution is -0.120. The van der Waals surface area contributed by atoms with E-state index in [4.69, 9.17) is 4.98 Å². The Balaban J connectivity index is 1.71. The summed E-state index contributed by atoms with van der Waals surface area (Å²) in [7, 11) is 0. The van der Waals surface area contributed by atoms with Gasteiger partial charge in [-0.05, 0) is 36.7 Å². The standard InChI is InChI=1S/C24H27NOS/c1-2-24(18-9-5-3-6-10-18)21-17(13-19-22(24)27-16-25-19)14-23(15-20(21)26)11-7-4-8-12-23/h3,5-6,9-10,16H,2,4,7-8,11-15H2,1H3/t24-/m0/s1. The fraction of sp³-hybridized carbons (Fsp3) is 0.500. The second-order valence-electron chi connectivity index (χ2n) is 8.75. The number of carbonyl (C=O) groups excluding carboxylic acids is 1. The van der Waals surface area contributed by atoms with Crippen molar-refractivity contribution in [2.24, 2.45) is 5.41 Å². The molecule has 0 saturated heterocycles. The summed E-state index contributed by atoms with van der Waals surface area (Å²) < 4.78 is 0. The largest absolute Gasteiger partial charge is 0.294 e. The van der Waals surface area contributed by atoms with E-state index in [9.17, 15) is 4.79 Å². The van der Waals surface area contributed by atoms with Gasteiger partial charge in [0.05, 0.1) is 16.6 Å². The minimum atomic E-state index is -0.293. The Kier molecular flexibility index (Phi) is 4.12. The zero-order valence-electron chi connectivity index (χ0n) is 16.1. The number of carbonyl (C=O) groups is 1. The maximum absolute atomic E-state index is 13.7.